The molecule has 20 heavy (non-hydrogen) atoms. The van der Waals surface area contributed by atoms with E-state index in [1.54, 1.807) is 18.0 Å². The molecule has 1 fully saturated rings. The highest BCUT2D eigenvalue weighted by Gasteiger charge is 2.25. The van der Waals surface area contributed by atoms with Gasteiger partial charge in [-0.15, -0.1) is 0 Å². The molecule has 0 saturated carbocycles. The van der Waals surface area contributed by atoms with Gasteiger partial charge in [0.1, 0.15) is 5.82 Å². The zero-order chi connectivity index (χ0) is 14.5. The van der Waals surface area contributed by atoms with Crippen molar-refractivity contribution in [1.82, 2.24) is 9.88 Å². The lowest BCUT2D eigenvalue weighted by Crippen LogP contribution is -2.46. The van der Waals surface area contributed by atoms with E-state index in [0.717, 1.165) is 12.1 Å². The van der Waals surface area contributed by atoms with E-state index < -0.39 is 0 Å². The van der Waals surface area contributed by atoms with Crippen LogP contribution in [-0.2, 0) is 11.2 Å². The third-order valence-corrected chi connectivity index (χ3v) is 3.37. The number of carbonyl (C=O) groups is 1. The second-order valence-corrected chi connectivity index (χ2v) is 4.76. The number of aromatic nitrogens is 1. The summed E-state index contributed by atoms with van der Waals surface area (Å²) in [6.07, 6.45) is 0.488. The molecule has 0 aliphatic carbocycles. The first-order valence-electron chi connectivity index (χ1n) is 6.88. The highest BCUT2D eigenvalue weighted by molar-refractivity contribution is 5.95. The molecule has 1 aromatic heterocycles. The lowest BCUT2D eigenvalue weighted by molar-refractivity contribution is -0.0447. The van der Waals surface area contributed by atoms with Crippen molar-refractivity contribution in [3.63, 3.8) is 0 Å². The van der Waals surface area contributed by atoms with Crippen LogP contribution in [0.1, 0.15) is 23.0 Å². The molecule has 6 nitrogen and oxygen atoms in total. The second-order valence-electron chi connectivity index (χ2n) is 4.76. The molecule has 0 aromatic carbocycles. The van der Waals surface area contributed by atoms with E-state index >= 15 is 0 Å². The Balaban J connectivity index is 2.19. The smallest absolute Gasteiger partial charge is 0.254 e. The van der Waals surface area contributed by atoms with Crippen molar-refractivity contribution in [2.24, 2.45) is 0 Å². The SMILES string of the molecule is CCc1cc(C(=O)N2CCOC(CO)C2)cc(NC)n1. The molecule has 1 aliphatic rings. The molecular weight excluding hydrogens is 258 g/mol. The maximum absolute atomic E-state index is 12.5. The number of rotatable bonds is 4. The van der Waals surface area contributed by atoms with Crippen molar-refractivity contribution < 1.29 is 14.6 Å². The van der Waals surface area contributed by atoms with Crippen molar-refractivity contribution in [3.05, 3.63) is 23.4 Å². The van der Waals surface area contributed by atoms with Crippen LogP contribution in [0.2, 0.25) is 0 Å². The Morgan fingerprint density at radius 1 is 1.60 bits per heavy atom. The number of nitrogens with zero attached hydrogens (tertiary/aromatic N) is 2. The largest absolute Gasteiger partial charge is 0.394 e. The fourth-order valence-electron chi connectivity index (χ4n) is 2.22. The van der Waals surface area contributed by atoms with E-state index in [-0.39, 0.29) is 18.6 Å². The van der Waals surface area contributed by atoms with Crippen molar-refractivity contribution in [3.8, 4) is 0 Å². The molecule has 2 heterocycles. The van der Waals surface area contributed by atoms with E-state index in [0.29, 0.717) is 31.1 Å². The number of hydrogen-bond donors (Lipinski definition) is 2. The minimum absolute atomic E-state index is 0.0413. The molecule has 1 unspecified atom stereocenters. The predicted octanol–water partition coefficient (Wildman–Crippen LogP) is 0.519. The summed E-state index contributed by atoms with van der Waals surface area (Å²) < 4.78 is 5.36. The summed E-state index contributed by atoms with van der Waals surface area (Å²) in [5, 5.41) is 12.1. The van der Waals surface area contributed by atoms with Crippen LogP contribution in [0, 0.1) is 0 Å². The molecule has 0 bridgehead atoms. The maximum Gasteiger partial charge on any atom is 0.254 e. The number of anilines is 1. The summed E-state index contributed by atoms with van der Waals surface area (Å²) in [6, 6.07) is 3.58. The Kier molecular flexibility index (Phi) is 4.92. The standard InChI is InChI=1S/C14H21N3O3/c1-3-11-6-10(7-13(15-2)16-11)14(19)17-4-5-20-12(8-17)9-18/h6-7,12,18H,3-5,8-9H2,1-2H3,(H,15,16). The topological polar surface area (TPSA) is 74.7 Å². The summed E-state index contributed by atoms with van der Waals surface area (Å²) in [5.41, 5.74) is 1.51. The minimum atomic E-state index is -0.288. The minimum Gasteiger partial charge on any atom is -0.394 e. The second kappa shape index (κ2) is 6.67. The molecule has 1 saturated heterocycles. The monoisotopic (exact) mass is 279 g/mol. The Hall–Kier alpha value is -1.66. The van der Waals surface area contributed by atoms with Crippen molar-refractivity contribution in [2.45, 2.75) is 19.4 Å². The number of hydrogen-bond acceptors (Lipinski definition) is 5. The Morgan fingerprint density at radius 3 is 3.05 bits per heavy atom. The summed E-state index contributed by atoms with van der Waals surface area (Å²) in [7, 11) is 1.78. The fraction of sp³-hybridized carbons (Fsp3) is 0.571. The summed E-state index contributed by atoms with van der Waals surface area (Å²) in [6.45, 7) is 3.37. The van der Waals surface area contributed by atoms with Crippen LogP contribution < -0.4 is 5.32 Å². The van der Waals surface area contributed by atoms with Crippen LogP contribution in [0.4, 0.5) is 5.82 Å². The molecule has 6 heteroatoms. The van der Waals surface area contributed by atoms with E-state index in [1.807, 2.05) is 13.0 Å². The summed E-state index contributed by atoms with van der Waals surface area (Å²) >= 11 is 0. The van der Waals surface area contributed by atoms with Crippen molar-refractivity contribution in [1.29, 1.82) is 0 Å². The molecule has 0 radical (unpaired) electrons. The van der Waals surface area contributed by atoms with Crippen LogP contribution >= 0.6 is 0 Å². The van der Waals surface area contributed by atoms with Gasteiger partial charge in [-0.25, -0.2) is 4.98 Å². The zero-order valence-electron chi connectivity index (χ0n) is 11.9. The quantitative estimate of drug-likeness (QED) is 0.840. The number of nitrogens with one attached hydrogen (secondary N) is 1. The van der Waals surface area contributed by atoms with Gasteiger partial charge in [-0.05, 0) is 18.6 Å². The van der Waals surface area contributed by atoms with Crippen LogP contribution in [0.15, 0.2) is 12.1 Å². The van der Waals surface area contributed by atoms with Gasteiger partial charge < -0.3 is 20.1 Å². The average Bonchev–Trinajstić information content (AvgIpc) is 2.53. The first-order chi connectivity index (χ1) is 9.67. The van der Waals surface area contributed by atoms with Crippen LogP contribution in [0.3, 0.4) is 0 Å². The fourth-order valence-corrected chi connectivity index (χ4v) is 2.22. The molecule has 1 atom stereocenters. The Morgan fingerprint density at radius 2 is 2.40 bits per heavy atom. The van der Waals surface area contributed by atoms with Crippen LogP contribution in [-0.4, -0.2) is 60.4 Å². The van der Waals surface area contributed by atoms with Gasteiger partial charge in [0.25, 0.3) is 5.91 Å². The molecule has 1 aromatic rings. The zero-order valence-corrected chi connectivity index (χ0v) is 11.9. The number of aliphatic hydroxyl groups excluding tert-OH is 1. The van der Waals surface area contributed by atoms with Gasteiger partial charge in [-0.2, -0.15) is 0 Å². The number of aliphatic hydroxyl groups is 1. The van der Waals surface area contributed by atoms with E-state index in [9.17, 15) is 4.79 Å². The molecular formula is C14H21N3O3. The Labute approximate surface area is 118 Å². The third kappa shape index (κ3) is 3.26. The Bertz CT molecular complexity index is 456. The molecule has 1 amide bonds. The number of pyridine rings is 1. The normalized spacial score (nSPS) is 18.9. The highest BCUT2D eigenvalue weighted by atomic mass is 16.5. The highest BCUT2D eigenvalue weighted by Crippen LogP contribution is 2.15. The van der Waals surface area contributed by atoms with Gasteiger partial charge in [0.2, 0.25) is 0 Å². The first kappa shape index (κ1) is 14.7. The van der Waals surface area contributed by atoms with Gasteiger partial charge in [-0.3, -0.25) is 4.79 Å². The van der Waals surface area contributed by atoms with Gasteiger partial charge in [-0.1, -0.05) is 6.92 Å². The average molecular weight is 279 g/mol. The van der Waals surface area contributed by atoms with Gasteiger partial charge in [0.15, 0.2) is 0 Å². The van der Waals surface area contributed by atoms with E-state index in [4.69, 9.17) is 9.84 Å². The van der Waals surface area contributed by atoms with E-state index in [1.165, 1.54) is 0 Å². The number of carbonyl (C=O) groups excluding carboxylic acids is 1. The van der Waals surface area contributed by atoms with Crippen molar-refractivity contribution in [2.75, 3.05) is 38.7 Å². The van der Waals surface area contributed by atoms with Crippen LogP contribution in [0.5, 0.6) is 0 Å². The van der Waals surface area contributed by atoms with Crippen LogP contribution in [0.25, 0.3) is 0 Å². The molecule has 0 spiro atoms. The lowest BCUT2D eigenvalue weighted by atomic mass is 10.1. The number of aryl methyl sites for hydroxylation is 1. The predicted molar refractivity (Wildman–Crippen MR) is 75.9 cm³/mol. The number of morpholine rings is 1. The van der Waals surface area contributed by atoms with Gasteiger partial charge in [0, 0.05) is 31.4 Å². The lowest BCUT2D eigenvalue weighted by Gasteiger charge is -2.32. The summed E-state index contributed by atoms with van der Waals surface area (Å²) in [5.74, 6) is 0.653. The molecule has 110 valence electrons. The third-order valence-electron chi connectivity index (χ3n) is 3.37. The van der Waals surface area contributed by atoms with E-state index in [2.05, 4.69) is 10.3 Å². The number of ether oxygens (including phenoxy) is 1. The number of amides is 1. The summed E-state index contributed by atoms with van der Waals surface area (Å²) in [4.78, 5) is 18.6. The molecule has 1 aliphatic heterocycles. The van der Waals surface area contributed by atoms with Gasteiger partial charge in [0.05, 0.1) is 19.3 Å². The molecule has 2 N–H and O–H groups in total. The van der Waals surface area contributed by atoms with Gasteiger partial charge >= 0.3 is 0 Å². The van der Waals surface area contributed by atoms with Crippen molar-refractivity contribution >= 4 is 11.7 Å². The first-order valence-corrected chi connectivity index (χ1v) is 6.88. The maximum atomic E-state index is 12.5. The molecule has 2 rings (SSSR count).